The number of hydrogen-bond acceptors (Lipinski definition) is 1. The highest BCUT2D eigenvalue weighted by molar-refractivity contribution is 6.35. The van der Waals surface area contributed by atoms with Crippen LogP contribution in [-0.2, 0) is 6.42 Å². The van der Waals surface area contributed by atoms with Gasteiger partial charge in [0.05, 0.1) is 6.10 Å². The molecule has 1 aromatic rings. The zero-order chi connectivity index (χ0) is 12.3. The van der Waals surface area contributed by atoms with Gasteiger partial charge in [-0.1, -0.05) is 50.0 Å². The molecular formula is C13H18Cl2O. The molecule has 0 aromatic heterocycles. The van der Waals surface area contributed by atoms with E-state index in [4.69, 9.17) is 23.2 Å². The van der Waals surface area contributed by atoms with Gasteiger partial charge in [-0.05, 0) is 29.5 Å². The summed E-state index contributed by atoms with van der Waals surface area (Å²) in [6, 6.07) is 5.41. The third-order valence-corrected chi connectivity index (χ3v) is 3.06. The van der Waals surface area contributed by atoms with Gasteiger partial charge in [-0.25, -0.2) is 0 Å². The topological polar surface area (TPSA) is 20.2 Å². The minimum Gasteiger partial charge on any atom is -0.393 e. The average molecular weight is 261 g/mol. The number of aliphatic hydroxyl groups excluding tert-OH is 1. The number of benzene rings is 1. The van der Waals surface area contributed by atoms with Gasteiger partial charge >= 0.3 is 0 Å². The Morgan fingerprint density at radius 1 is 1.19 bits per heavy atom. The lowest BCUT2D eigenvalue weighted by atomic mass is 9.87. The highest BCUT2D eigenvalue weighted by Gasteiger charge is 2.18. The Morgan fingerprint density at radius 2 is 1.69 bits per heavy atom. The van der Waals surface area contributed by atoms with Crippen LogP contribution in [-0.4, -0.2) is 11.2 Å². The van der Waals surface area contributed by atoms with Gasteiger partial charge in [0.2, 0.25) is 0 Å². The van der Waals surface area contributed by atoms with Gasteiger partial charge in [0, 0.05) is 16.5 Å². The summed E-state index contributed by atoms with van der Waals surface area (Å²) in [4.78, 5) is 0. The van der Waals surface area contributed by atoms with Crippen LogP contribution >= 0.6 is 23.2 Å². The summed E-state index contributed by atoms with van der Waals surface area (Å²) in [5, 5.41) is 11.2. The van der Waals surface area contributed by atoms with Gasteiger partial charge in [0.15, 0.2) is 0 Å². The van der Waals surface area contributed by atoms with Crippen molar-refractivity contribution in [2.75, 3.05) is 0 Å². The van der Waals surface area contributed by atoms with Crippen molar-refractivity contribution in [3.8, 4) is 0 Å². The Hall–Kier alpha value is -0.240. The second-order valence-electron chi connectivity index (χ2n) is 5.32. The third kappa shape index (κ3) is 4.32. The second kappa shape index (κ2) is 5.39. The summed E-state index contributed by atoms with van der Waals surface area (Å²) in [5.41, 5.74) is 0.940. The molecule has 0 aliphatic heterocycles. The number of hydrogen-bond donors (Lipinski definition) is 1. The molecule has 0 bridgehead atoms. The molecule has 0 spiro atoms. The van der Waals surface area contributed by atoms with Crippen LogP contribution in [0.15, 0.2) is 18.2 Å². The molecule has 0 radical (unpaired) electrons. The van der Waals surface area contributed by atoms with Crippen LogP contribution in [0.3, 0.4) is 0 Å². The maximum absolute atomic E-state index is 9.97. The molecule has 1 N–H and O–H groups in total. The van der Waals surface area contributed by atoms with E-state index in [1.165, 1.54) is 0 Å². The van der Waals surface area contributed by atoms with Crippen LogP contribution in [0.2, 0.25) is 10.0 Å². The lowest BCUT2D eigenvalue weighted by molar-refractivity contribution is 0.121. The van der Waals surface area contributed by atoms with Crippen LogP contribution in [0.4, 0.5) is 0 Å². The summed E-state index contributed by atoms with van der Waals surface area (Å²) >= 11 is 12.1. The summed E-state index contributed by atoms with van der Waals surface area (Å²) in [5.74, 6) is 0. The fourth-order valence-corrected chi connectivity index (χ4v) is 2.29. The molecule has 0 heterocycles. The highest BCUT2D eigenvalue weighted by Crippen LogP contribution is 2.28. The van der Waals surface area contributed by atoms with Crippen molar-refractivity contribution in [1.29, 1.82) is 0 Å². The summed E-state index contributed by atoms with van der Waals surface area (Å²) < 4.78 is 0. The van der Waals surface area contributed by atoms with Gasteiger partial charge < -0.3 is 5.11 Å². The van der Waals surface area contributed by atoms with Crippen LogP contribution in [0.1, 0.15) is 32.8 Å². The van der Waals surface area contributed by atoms with Crippen molar-refractivity contribution >= 4 is 23.2 Å². The maximum atomic E-state index is 9.97. The number of aliphatic hydroxyl groups is 1. The predicted octanol–water partition coefficient (Wildman–Crippen LogP) is 4.33. The summed E-state index contributed by atoms with van der Waals surface area (Å²) in [6.07, 6.45) is 0.835. The average Bonchev–Trinajstić information content (AvgIpc) is 2.08. The zero-order valence-corrected chi connectivity index (χ0v) is 11.4. The SMILES string of the molecule is CC(C)(C)CC(O)Cc1c(Cl)cccc1Cl. The zero-order valence-electron chi connectivity index (χ0n) is 9.93. The third-order valence-electron chi connectivity index (χ3n) is 2.35. The quantitative estimate of drug-likeness (QED) is 0.858. The summed E-state index contributed by atoms with van der Waals surface area (Å²) in [7, 11) is 0. The molecule has 1 unspecified atom stereocenters. The van der Waals surface area contributed by atoms with Gasteiger partial charge in [-0.2, -0.15) is 0 Å². The minimum atomic E-state index is -0.405. The molecule has 1 aromatic carbocycles. The molecule has 0 aliphatic carbocycles. The van der Waals surface area contributed by atoms with Crippen molar-refractivity contribution in [1.82, 2.24) is 0 Å². The first-order valence-electron chi connectivity index (χ1n) is 5.40. The monoisotopic (exact) mass is 260 g/mol. The first-order valence-corrected chi connectivity index (χ1v) is 6.16. The van der Waals surface area contributed by atoms with E-state index in [2.05, 4.69) is 20.8 Å². The van der Waals surface area contributed by atoms with Gasteiger partial charge in [0.25, 0.3) is 0 Å². The van der Waals surface area contributed by atoms with E-state index in [1.807, 2.05) is 6.07 Å². The smallest absolute Gasteiger partial charge is 0.0586 e. The molecule has 1 rings (SSSR count). The Kier molecular flexibility index (Phi) is 4.66. The molecule has 1 nitrogen and oxygen atoms in total. The molecular weight excluding hydrogens is 243 g/mol. The Bertz CT molecular complexity index is 335. The van der Waals surface area contributed by atoms with E-state index in [0.717, 1.165) is 12.0 Å². The Morgan fingerprint density at radius 3 is 2.12 bits per heavy atom. The van der Waals surface area contributed by atoms with Gasteiger partial charge in [0.1, 0.15) is 0 Å². The molecule has 0 saturated heterocycles. The van der Waals surface area contributed by atoms with Gasteiger partial charge in [-0.3, -0.25) is 0 Å². The maximum Gasteiger partial charge on any atom is 0.0586 e. The van der Waals surface area contributed by atoms with Gasteiger partial charge in [-0.15, -0.1) is 0 Å². The fraction of sp³-hybridized carbons (Fsp3) is 0.538. The molecule has 0 aliphatic rings. The second-order valence-corrected chi connectivity index (χ2v) is 6.14. The fourth-order valence-electron chi connectivity index (χ4n) is 1.74. The van der Waals surface area contributed by atoms with Crippen LogP contribution < -0.4 is 0 Å². The van der Waals surface area contributed by atoms with Crippen molar-refractivity contribution in [3.63, 3.8) is 0 Å². The lowest BCUT2D eigenvalue weighted by Crippen LogP contribution is -2.20. The molecule has 16 heavy (non-hydrogen) atoms. The van der Waals surface area contributed by atoms with E-state index < -0.39 is 6.10 Å². The van der Waals surface area contributed by atoms with E-state index in [9.17, 15) is 5.11 Å². The van der Waals surface area contributed by atoms with Crippen molar-refractivity contribution < 1.29 is 5.11 Å². The van der Waals surface area contributed by atoms with Crippen LogP contribution in [0.25, 0.3) is 0 Å². The predicted molar refractivity (Wildman–Crippen MR) is 70.2 cm³/mol. The van der Waals surface area contributed by atoms with E-state index in [0.29, 0.717) is 16.5 Å². The normalized spacial score (nSPS) is 13.9. The molecule has 0 fully saturated rings. The van der Waals surface area contributed by atoms with E-state index in [1.54, 1.807) is 12.1 Å². The Balaban J connectivity index is 2.73. The molecule has 1 atom stereocenters. The largest absolute Gasteiger partial charge is 0.393 e. The minimum absolute atomic E-state index is 0.104. The first-order chi connectivity index (χ1) is 7.29. The number of rotatable bonds is 3. The summed E-state index contributed by atoms with van der Waals surface area (Å²) in [6.45, 7) is 6.30. The van der Waals surface area contributed by atoms with Crippen LogP contribution in [0, 0.1) is 5.41 Å². The Labute approximate surface area is 107 Å². The van der Waals surface area contributed by atoms with E-state index >= 15 is 0 Å². The van der Waals surface area contributed by atoms with Crippen molar-refractivity contribution in [2.45, 2.75) is 39.7 Å². The molecule has 3 heteroatoms. The number of halogens is 2. The van der Waals surface area contributed by atoms with Crippen molar-refractivity contribution in [2.24, 2.45) is 5.41 Å². The first kappa shape index (κ1) is 13.8. The lowest BCUT2D eigenvalue weighted by Gasteiger charge is -2.22. The van der Waals surface area contributed by atoms with Crippen LogP contribution in [0.5, 0.6) is 0 Å². The van der Waals surface area contributed by atoms with Crippen molar-refractivity contribution in [3.05, 3.63) is 33.8 Å². The molecule has 0 amide bonds. The highest BCUT2D eigenvalue weighted by atomic mass is 35.5. The molecule has 0 saturated carbocycles. The standard InChI is InChI=1S/C13H18Cl2O/c1-13(2,3)8-9(16)7-10-11(14)5-4-6-12(10)15/h4-6,9,16H,7-8H2,1-3H3. The molecule has 90 valence electrons. The van der Waals surface area contributed by atoms with E-state index in [-0.39, 0.29) is 5.41 Å².